The third-order valence-corrected chi connectivity index (χ3v) is 2.76. The molecule has 0 fully saturated rings. The van der Waals surface area contributed by atoms with Crippen LogP contribution < -0.4 is 4.90 Å². The van der Waals surface area contributed by atoms with E-state index in [1.807, 2.05) is 0 Å². The van der Waals surface area contributed by atoms with Gasteiger partial charge in [0.2, 0.25) is 0 Å². The quantitative estimate of drug-likeness (QED) is 0.668. The van der Waals surface area contributed by atoms with Crippen LogP contribution in [0.25, 0.3) is 0 Å². The first-order chi connectivity index (χ1) is 6.68. The van der Waals surface area contributed by atoms with Crippen LogP contribution in [0.3, 0.4) is 0 Å². The molecule has 0 atom stereocenters. The highest BCUT2D eigenvalue weighted by atomic mass is 15.3. The lowest BCUT2D eigenvalue weighted by molar-refractivity contribution is 0.495. The van der Waals surface area contributed by atoms with Gasteiger partial charge in [-0.3, -0.25) is 0 Å². The number of rotatable bonds is 1. The Morgan fingerprint density at radius 2 is 1.93 bits per heavy atom. The lowest BCUT2D eigenvalue weighted by atomic mass is 10.1. The van der Waals surface area contributed by atoms with Crippen molar-refractivity contribution >= 4 is 5.69 Å². The lowest BCUT2D eigenvalue weighted by Gasteiger charge is -2.21. The summed E-state index contributed by atoms with van der Waals surface area (Å²) in [5.41, 5.74) is 4.03. The maximum atomic E-state index is 2.27. The average molecular weight is 188 g/mol. The summed E-state index contributed by atoms with van der Waals surface area (Å²) in [6.07, 6.45) is 4.23. The minimum atomic E-state index is 0.949. The first kappa shape index (κ1) is 9.13. The van der Waals surface area contributed by atoms with Crippen LogP contribution in [0.15, 0.2) is 30.6 Å². The molecule has 2 nitrogen and oxygen atoms in total. The molecule has 1 aromatic rings. The summed E-state index contributed by atoms with van der Waals surface area (Å²) in [5.74, 6) is 0. The molecule has 0 radical (unpaired) electrons. The zero-order valence-corrected chi connectivity index (χ0v) is 8.99. The van der Waals surface area contributed by atoms with Crippen LogP contribution in [0, 0.1) is 13.8 Å². The van der Waals surface area contributed by atoms with Gasteiger partial charge in [0, 0.05) is 25.1 Å². The smallest absolute Gasteiger partial charge is 0.0939 e. The van der Waals surface area contributed by atoms with Gasteiger partial charge in [0.15, 0.2) is 0 Å². The van der Waals surface area contributed by atoms with Gasteiger partial charge in [0.1, 0.15) is 0 Å². The van der Waals surface area contributed by atoms with E-state index in [0.29, 0.717) is 0 Å². The van der Waals surface area contributed by atoms with Gasteiger partial charge >= 0.3 is 0 Å². The van der Waals surface area contributed by atoms with Gasteiger partial charge in [-0.05, 0) is 31.0 Å². The van der Waals surface area contributed by atoms with Gasteiger partial charge in [-0.1, -0.05) is 12.1 Å². The summed E-state index contributed by atoms with van der Waals surface area (Å²) in [6.45, 7) is 5.28. The fourth-order valence-electron chi connectivity index (χ4n) is 1.73. The number of aryl methyl sites for hydroxylation is 1. The molecule has 0 amide bonds. The zero-order chi connectivity index (χ0) is 10.1. The molecule has 0 aliphatic carbocycles. The van der Waals surface area contributed by atoms with Crippen molar-refractivity contribution in [3.05, 3.63) is 41.7 Å². The molecule has 14 heavy (non-hydrogen) atoms. The van der Waals surface area contributed by atoms with E-state index in [4.69, 9.17) is 0 Å². The predicted octanol–water partition coefficient (Wildman–Crippen LogP) is 2.48. The molecule has 0 N–H and O–H groups in total. The zero-order valence-electron chi connectivity index (χ0n) is 8.99. The summed E-state index contributed by atoms with van der Waals surface area (Å²) in [5, 5.41) is 0. The fourth-order valence-corrected chi connectivity index (χ4v) is 1.73. The normalized spacial score (nSPS) is 15.4. The molecule has 0 unspecified atom stereocenters. The molecular formula is C12H16N2. The Labute approximate surface area is 85.4 Å². The number of benzene rings is 1. The molecule has 1 aliphatic rings. The molecular weight excluding hydrogens is 172 g/mol. The molecule has 0 saturated heterocycles. The maximum Gasteiger partial charge on any atom is 0.0939 e. The second kappa shape index (κ2) is 3.37. The van der Waals surface area contributed by atoms with Crippen molar-refractivity contribution in [2.75, 3.05) is 18.6 Å². The van der Waals surface area contributed by atoms with Gasteiger partial charge in [0.05, 0.1) is 6.67 Å². The standard InChI is InChI=1S/C12H16N2/c1-10-5-4-6-12(11(10)2)14-8-7-13(3)9-14/h4-8H,9H2,1-3H3. The predicted molar refractivity (Wildman–Crippen MR) is 60.2 cm³/mol. The first-order valence-corrected chi connectivity index (χ1v) is 4.90. The second-order valence-electron chi connectivity index (χ2n) is 3.89. The molecule has 1 heterocycles. The summed E-state index contributed by atoms with van der Waals surface area (Å²) in [4.78, 5) is 4.43. The van der Waals surface area contributed by atoms with Gasteiger partial charge < -0.3 is 9.80 Å². The van der Waals surface area contributed by atoms with Crippen LogP contribution in [0.5, 0.6) is 0 Å². The Bertz CT molecular complexity index is 369. The minimum absolute atomic E-state index is 0.949. The van der Waals surface area contributed by atoms with E-state index >= 15 is 0 Å². The maximum absolute atomic E-state index is 2.27. The van der Waals surface area contributed by atoms with Crippen molar-refractivity contribution in [1.82, 2.24) is 4.90 Å². The van der Waals surface area contributed by atoms with Gasteiger partial charge in [-0.25, -0.2) is 0 Å². The van der Waals surface area contributed by atoms with Gasteiger partial charge in [-0.15, -0.1) is 0 Å². The first-order valence-electron chi connectivity index (χ1n) is 4.90. The van der Waals surface area contributed by atoms with Crippen molar-refractivity contribution in [3.63, 3.8) is 0 Å². The molecule has 1 aromatic carbocycles. The van der Waals surface area contributed by atoms with E-state index in [-0.39, 0.29) is 0 Å². The highest BCUT2D eigenvalue weighted by Crippen LogP contribution is 2.24. The van der Waals surface area contributed by atoms with Crippen molar-refractivity contribution in [3.8, 4) is 0 Å². The van der Waals surface area contributed by atoms with Crippen LogP contribution in [0.2, 0.25) is 0 Å². The highest BCUT2D eigenvalue weighted by Gasteiger charge is 2.12. The molecule has 0 saturated carbocycles. The Hall–Kier alpha value is -1.44. The summed E-state index contributed by atoms with van der Waals surface area (Å²) in [7, 11) is 2.08. The largest absolute Gasteiger partial charge is 0.361 e. The van der Waals surface area contributed by atoms with Crippen molar-refractivity contribution in [1.29, 1.82) is 0 Å². The van der Waals surface area contributed by atoms with E-state index in [9.17, 15) is 0 Å². The summed E-state index contributed by atoms with van der Waals surface area (Å²) in [6, 6.07) is 6.44. The summed E-state index contributed by atoms with van der Waals surface area (Å²) >= 11 is 0. The van der Waals surface area contributed by atoms with Crippen LogP contribution in [0.4, 0.5) is 5.69 Å². The van der Waals surface area contributed by atoms with Crippen LogP contribution >= 0.6 is 0 Å². The van der Waals surface area contributed by atoms with Gasteiger partial charge in [-0.2, -0.15) is 0 Å². The Balaban J connectivity index is 2.33. The van der Waals surface area contributed by atoms with Gasteiger partial charge in [0.25, 0.3) is 0 Å². The van der Waals surface area contributed by atoms with E-state index in [2.05, 4.69) is 61.3 Å². The molecule has 0 spiro atoms. The topological polar surface area (TPSA) is 6.48 Å². The minimum Gasteiger partial charge on any atom is -0.361 e. The fraction of sp³-hybridized carbons (Fsp3) is 0.333. The number of nitrogens with zero attached hydrogens (tertiary/aromatic N) is 2. The second-order valence-corrected chi connectivity index (χ2v) is 3.89. The van der Waals surface area contributed by atoms with E-state index < -0.39 is 0 Å². The van der Waals surface area contributed by atoms with E-state index in [0.717, 1.165) is 6.67 Å². The van der Waals surface area contributed by atoms with Crippen molar-refractivity contribution in [2.24, 2.45) is 0 Å². The van der Waals surface area contributed by atoms with Crippen LogP contribution in [-0.4, -0.2) is 18.6 Å². The Morgan fingerprint density at radius 1 is 1.14 bits per heavy atom. The molecule has 0 aromatic heterocycles. The van der Waals surface area contributed by atoms with E-state index in [1.165, 1.54) is 16.8 Å². The molecule has 2 heteroatoms. The third-order valence-electron chi connectivity index (χ3n) is 2.76. The monoisotopic (exact) mass is 188 g/mol. The molecule has 74 valence electrons. The SMILES string of the molecule is Cc1cccc(N2C=CN(C)C2)c1C. The van der Waals surface area contributed by atoms with Crippen LogP contribution in [0.1, 0.15) is 11.1 Å². The third kappa shape index (κ3) is 1.48. The van der Waals surface area contributed by atoms with Crippen molar-refractivity contribution < 1.29 is 0 Å². The lowest BCUT2D eigenvalue weighted by Crippen LogP contribution is -2.22. The number of hydrogen-bond acceptors (Lipinski definition) is 2. The Morgan fingerprint density at radius 3 is 2.57 bits per heavy atom. The molecule has 2 rings (SSSR count). The molecule has 0 bridgehead atoms. The average Bonchev–Trinajstić information content (AvgIpc) is 2.57. The molecule has 1 aliphatic heterocycles. The highest BCUT2D eigenvalue weighted by molar-refractivity contribution is 5.58. The Kier molecular flexibility index (Phi) is 2.20. The summed E-state index contributed by atoms with van der Waals surface area (Å²) < 4.78 is 0. The number of hydrogen-bond donors (Lipinski definition) is 0. The number of anilines is 1. The van der Waals surface area contributed by atoms with Crippen molar-refractivity contribution in [2.45, 2.75) is 13.8 Å². The van der Waals surface area contributed by atoms with E-state index in [1.54, 1.807) is 0 Å². The van der Waals surface area contributed by atoms with Crippen LogP contribution in [-0.2, 0) is 0 Å².